The first-order valence-corrected chi connectivity index (χ1v) is 12.0. The van der Waals surface area contributed by atoms with Gasteiger partial charge in [0.05, 0.1) is 30.6 Å². The number of aromatic nitrogens is 2. The number of sulfone groups is 1. The molecular formula is C20H16BrN3O3S2. The molecule has 1 unspecified atom stereocenters. The van der Waals surface area contributed by atoms with Crippen LogP contribution in [0.15, 0.2) is 51.4 Å². The summed E-state index contributed by atoms with van der Waals surface area (Å²) in [5.41, 5.74) is 5.23. The van der Waals surface area contributed by atoms with Gasteiger partial charge in [-0.2, -0.15) is 0 Å². The molecule has 0 saturated heterocycles. The summed E-state index contributed by atoms with van der Waals surface area (Å²) in [5.74, 6) is 0. The van der Waals surface area contributed by atoms with Crippen LogP contribution in [0.4, 0.5) is 11.4 Å². The summed E-state index contributed by atoms with van der Waals surface area (Å²) in [7, 11) is -3.70. The second-order valence-corrected chi connectivity index (χ2v) is 11.7. The Morgan fingerprint density at radius 3 is 2.79 bits per heavy atom. The maximum Gasteiger partial charge on any atom is 0.186 e. The molecule has 6 nitrogen and oxygen atoms in total. The van der Waals surface area contributed by atoms with E-state index in [2.05, 4.69) is 31.2 Å². The van der Waals surface area contributed by atoms with E-state index in [0.29, 0.717) is 20.9 Å². The molecule has 1 aliphatic heterocycles. The normalized spacial score (nSPS) is 19.5. The number of hydrogen-bond donors (Lipinski definition) is 2. The van der Waals surface area contributed by atoms with Crippen molar-refractivity contribution in [2.24, 2.45) is 0 Å². The Hall–Kier alpha value is -2.07. The molecule has 4 aromatic rings. The molecule has 148 valence electrons. The van der Waals surface area contributed by atoms with Crippen molar-refractivity contribution in [2.45, 2.75) is 29.6 Å². The monoisotopic (exact) mass is 489 g/mol. The number of thiazole rings is 1. The van der Waals surface area contributed by atoms with Crippen molar-refractivity contribution in [2.75, 3.05) is 5.32 Å². The number of aliphatic hydroxyl groups is 1. The topological polar surface area (TPSA) is 92.2 Å². The quantitative estimate of drug-likeness (QED) is 0.413. The summed E-state index contributed by atoms with van der Waals surface area (Å²) >= 11 is 5.07. The number of hydrogen-bond acceptors (Lipinski definition) is 7. The van der Waals surface area contributed by atoms with E-state index in [4.69, 9.17) is 0 Å². The summed E-state index contributed by atoms with van der Waals surface area (Å²) in [5, 5.41) is 14.7. The molecule has 29 heavy (non-hydrogen) atoms. The van der Waals surface area contributed by atoms with E-state index >= 15 is 0 Å². The van der Waals surface area contributed by atoms with Gasteiger partial charge in [-0.15, -0.1) is 11.3 Å². The third-order valence-electron chi connectivity index (χ3n) is 5.50. The molecular weight excluding hydrogens is 474 g/mol. The largest absolute Gasteiger partial charge is 0.387 e. The zero-order valence-corrected chi connectivity index (χ0v) is 18.7. The Kier molecular flexibility index (Phi) is 4.05. The number of pyridine rings is 1. The molecule has 3 heterocycles. The molecule has 1 aliphatic rings. The first-order valence-electron chi connectivity index (χ1n) is 8.86. The molecule has 2 N–H and O–H groups in total. The SMILES string of the molecule is CC1(C)C(O)c2c(cc3c(Nc4ccc5scnc5c4)ccnc3c2Br)S1(=O)=O. The fraction of sp³-hybridized carbons (Fsp3) is 0.200. The highest BCUT2D eigenvalue weighted by molar-refractivity contribution is 9.10. The van der Waals surface area contributed by atoms with Crippen molar-refractivity contribution in [3.63, 3.8) is 0 Å². The number of nitrogens with zero attached hydrogens (tertiary/aromatic N) is 2. The van der Waals surface area contributed by atoms with Crippen LogP contribution in [0, 0.1) is 0 Å². The van der Waals surface area contributed by atoms with Crippen molar-refractivity contribution < 1.29 is 13.5 Å². The highest BCUT2D eigenvalue weighted by Crippen LogP contribution is 2.51. The molecule has 0 amide bonds. The molecule has 0 fully saturated rings. The number of aliphatic hydroxyl groups excluding tert-OH is 1. The van der Waals surface area contributed by atoms with Crippen LogP contribution in [0.2, 0.25) is 0 Å². The average molecular weight is 490 g/mol. The molecule has 1 atom stereocenters. The van der Waals surface area contributed by atoms with E-state index in [9.17, 15) is 13.5 Å². The lowest BCUT2D eigenvalue weighted by atomic mass is 9.97. The fourth-order valence-corrected chi connectivity index (χ4v) is 6.99. The molecule has 2 aromatic heterocycles. The maximum absolute atomic E-state index is 13.1. The van der Waals surface area contributed by atoms with Crippen LogP contribution in [0.3, 0.4) is 0 Å². The summed E-state index contributed by atoms with van der Waals surface area (Å²) in [6.07, 6.45) is 0.524. The Labute approximate surface area is 179 Å². The molecule has 0 spiro atoms. The number of fused-ring (bicyclic) bond motifs is 3. The summed E-state index contributed by atoms with van der Waals surface area (Å²) in [6.45, 7) is 3.08. The van der Waals surface area contributed by atoms with Crippen molar-refractivity contribution in [1.29, 1.82) is 0 Å². The van der Waals surface area contributed by atoms with Gasteiger partial charge in [0, 0.05) is 28.5 Å². The highest BCUT2D eigenvalue weighted by Gasteiger charge is 2.52. The summed E-state index contributed by atoms with van der Waals surface area (Å²) < 4.78 is 26.4. The lowest BCUT2D eigenvalue weighted by Crippen LogP contribution is -2.32. The van der Waals surface area contributed by atoms with Gasteiger partial charge in [0.25, 0.3) is 0 Å². The Bertz CT molecular complexity index is 1410. The summed E-state index contributed by atoms with van der Waals surface area (Å²) in [4.78, 5) is 8.91. The zero-order valence-electron chi connectivity index (χ0n) is 15.5. The molecule has 0 bridgehead atoms. The molecule has 0 radical (unpaired) electrons. The van der Waals surface area contributed by atoms with Crippen LogP contribution in [-0.2, 0) is 9.84 Å². The van der Waals surface area contributed by atoms with Gasteiger partial charge in [-0.25, -0.2) is 13.4 Å². The molecule has 0 saturated carbocycles. The smallest absolute Gasteiger partial charge is 0.186 e. The second kappa shape index (κ2) is 6.21. The molecule has 0 aliphatic carbocycles. The van der Waals surface area contributed by atoms with E-state index in [0.717, 1.165) is 21.6 Å². The predicted molar refractivity (Wildman–Crippen MR) is 119 cm³/mol. The van der Waals surface area contributed by atoms with Gasteiger partial charge in [0.15, 0.2) is 9.84 Å². The third-order valence-corrected chi connectivity index (χ3v) is 9.64. The van der Waals surface area contributed by atoms with Crippen molar-refractivity contribution in [1.82, 2.24) is 9.97 Å². The zero-order chi connectivity index (χ0) is 20.6. The van der Waals surface area contributed by atoms with Crippen LogP contribution >= 0.6 is 27.3 Å². The van der Waals surface area contributed by atoms with Gasteiger partial charge in [-0.1, -0.05) is 0 Å². The minimum absolute atomic E-state index is 0.139. The van der Waals surface area contributed by atoms with Gasteiger partial charge in [-0.3, -0.25) is 4.98 Å². The van der Waals surface area contributed by atoms with E-state index in [1.807, 2.05) is 18.2 Å². The first kappa shape index (κ1) is 18.9. The van der Waals surface area contributed by atoms with Gasteiger partial charge < -0.3 is 10.4 Å². The fourth-order valence-electron chi connectivity index (χ4n) is 3.69. The van der Waals surface area contributed by atoms with Gasteiger partial charge in [-0.05, 0) is 60.1 Å². The number of halogens is 1. The van der Waals surface area contributed by atoms with Crippen LogP contribution < -0.4 is 5.32 Å². The lowest BCUT2D eigenvalue weighted by molar-refractivity contribution is 0.143. The Balaban J connectivity index is 1.72. The molecule has 2 aromatic carbocycles. The second-order valence-electron chi connectivity index (χ2n) is 7.53. The number of benzene rings is 2. The standard InChI is InChI=1S/C20H16BrN3O3S2/c1-20(2)19(25)16-15(29(20,26)27)8-11-12(5-6-22-18(11)17(16)21)24-10-3-4-14-13(7-10)23-9-28-14/h3-9,19,25H,1-2H3,(H,22,24). The number of rotatable bonds is 2. The molecule has 5 rings (SSSR count). The van der Waals surface area contributed by atoms with Gasteiger partial charge in [0.2, 0.25) is 0 Å². The molecule has 9 heteroatoms. The number of anilines is 2. The maximum atomic E-state index is 13.1. The minimum Gasteiger partial charge on any atom is -0.387 e. The van der Waals surface area contributed by atoms with Gasteiger partial charge in [0.1, 0.15) is 10.9 Å². The van der Waals surface area contributed by atoms with Crippen LogP contribution in [0.5, 0.6) is 0 Å². The van der Waals surface area contributed by atoms with Crippen molar-refractivity contribution >= 4 is 69.6 Å². The van der Waals surface area contributed by atoms with Gasteiger partial charge >= 0.3 is 0 Å². The Morgan fingerprint density at radius 2 is 2.00 bits per heavy atom. The van der Waals surface area contributed by atoms with Crippen molar-refractivity contribution in [3.05, 3.63) is 52.1 Å². The average Bonchev–Trinajstić information content (AvgIpc) is 3.19. The Morgan fingerprint density at radius 1 is 1.21 bits per heavy atom. The van der Waals surface area contributed by atoms with Crippen LogP contribution in [0.1, 0.15) is 25.5 Å². The third kappa shape index (κ3) is 2.58. The highest BCUT2D eigenvalue weighted by atomic mass is 79.9. The predicted octanol–water partition coefficient (Wildman–Crippen LogP) is 4.95. The lowest BCUT2D eigenvalue weighted by Gasteiger charge is -2.21. The van der Waals surface area contributed by atoms with E-state index in [1.54, 1.807) is 49.0 Å². The van der Waals surface area contributed by atoms with Crippen molar-refractivity contribution in [3.8, 4) is 0 Å². The first-order chi connectivity index (χ1) is 13.7. The van der Waals surface area contributed by atoms with E-state index in [-0.39, 0.29) is 4.90 Å². The summed E-state index contributed by atoms with van der Waals surface area (Å²) in [6, 6.07) is 9.31. The van der Waals surface area contributed by atoms with E-state index in [1.165, 1.54) is 0 Å². The minimum atomic E-state index is -3.70. The van der Waals surface area contributed by atoms with Crippen LogP contribution in [-0.4, -0.2) is 28.2 Å². The van der Waals surface area contributed by atoms with Crippen LogP contribution in [0.25, 0.3) is 21.1 Å². The number of nitrogens with one attached hydrogen (secondary N) is 1. The van der Waals surface area contributed by atoms with E-state index < -0.39 is 20.7 Å².